The molecule has 1 aromatic rings. The van der Waals surface area contributed by atoms with Gasteiger partial charge in [-0.15, -0.1) is 0 Å². The number of amides is 1. The number of carbonyl (C=O) groups excluding carboxylic acids is 1. The maximum Gasteiger partial charge on any atom is 0.248 e. The van der Waals surface area contributed by atoms with Gasteiger partial charge in [0.05, 0.1) is 0 Å². The van der Waals surface area contributed by atoms with Crippen molar-refractivity contribution in [1.82, 2.24) is 5.32 Å². The average Bonchev–Trinajstić information content (AvgIpc) is 2.67. The monoisotopic (exact) mass is 264 g/mol. The van der Waals surface area contributed by atoms with Crippen molar-refractivity contribution in [2.75, 3.05) is 0 Å². The van der Waals surface area contributed by atoms with Crippen LogP contribution in [0, 0.1) is 11.2 Å². The van der Waals surface area contributed by atoms with Gasteiger partial charge in [0.1, 0.15) is 5.82 Å². The van der Waals surface area contributed by atoms with Crippen molar-refractivity contribution in [1.29, 1.82) is 0 Å². The van der Waals surface area contributed by atoms with E-state index in [2.05, 4.69) is 19.2 Å². The van der Waals surface area contributed by atoms with Crippen LogP contribution in [0.5, 0.6) is 0 Å². The molecule has 19 heavy (non-hydrogen) atoms. The number of primary amides is 1. The van der Waals surface area contributed by atoms with Crippen LogP contribution in [-0.2, 0) is 6.54 Å². The van der Waals surface area contributed by atoms with E-state index in [1.54, 1.807) is 12.1 Å². The third-order valence-electron chi connectivity index (χ3n) is 3.89. The number of nitrogens with two attached hydrogens (primary N) is 1. The molecule has 0 aliphatic heterocycles. The van der Waals surface area contributed by atoms with Gasteiger partial charge in [0.25, 0.3) is 0 Å². The van der Waals surface area contributed by atoms with Crippen molar-refractivity contribution >= 4 is 5.91 Å². The lowest BCUT2D eigenvalue weighted by atomic mass is 9.92. The van der Waals surface area contributed by atoms with Crippen LogP contribution < -0.4 is 11.1 Å². The summed E-state index contributed by atoms with van der Waals surface area (Å²) in [6, 6.07) is 4.85. The van der Waals surface area contributed by atoms with Crippen molar-refractivity contribution in [2.24, 2.45) is 11.1 Å². The van der Waals surface area contributed by atoms with Crippen LogP contribution in [-0.4, -0.2) is 11.9 Å². The van der Waals surface area contributed by atoms with E-state index < -0.39 is 5.91 Å². The predicted octanol–water partition coefficient (Wildman–Crippen LogP) is 2.59. The standard InChI is InChI=1S/C15H21FN2O/c1-15(2)6-5-12(8-15)18-9-11-4-3-10(14(17)19)7-13(11)16/h3-4,7,12,18H,5-6,8-9H2,1-2H3,(H2,17,19). The van der Waals surface area contributed by atoms with Gasteiger partial charge in [-0.1, -0.05) is 19.9 Å². The normalized spacial score (nSPS) is 21.5. The molecule has 0 radical (unpaired) electrons. The first-order valence-corrected chi connectivity index (χ1v) is 6.69. The molecule has 4 heteroatoms. The van der Waals surface area contributed by atoms with Crippen LogP contribution in [0.4, 0.5) is 4.39 Å². The van der Waals surface area contributed by atoms with Gasteiger partial charge in [-0.2, -0.15) is 0 Å². The fraction of sp³-hybridized carbons (Fsp3) is 0.533. The van der Waals surface area contributed by atoms with Crippen LogP contribution in [0.25, 0.3) is 0 Å². The number of carbonyl (C=O) groups is 1. The third-order valence-corrected chi connectivity index (χ3v) is 3.89. The zero-order valence-electron chi connectivity index (χ0n) is 11.5. The molecule has 1 aliphatic rings. The Hall–Kier alpha value is -1.42. The third kappa shape index (κ3) is 3.53. The van der Waals surface area contributed by atoms with E-state index in [0.29, 0.717) is 23.6 Å². The Labute approximate surface area is 113 Å². The van der Waals surface area contributed by atoms with Gasteiger partial charge < -0.3 is 11.1 Å². The SMILES string of the molecule is CC1(C)CCC(NCc2ccc(C(N)=O)cc2F)C1. The minimum atomic E-state index is -0.601. The molecule has 1 fully saturated rings. The van der Waals surface area contributed by atoms with Crippen LogP contribution in [0.1, 0.15) is 49.0 Å². The van der Waals surface area contributed by atoms with Gasteiger partial charge in [-0.05, 0) is 36.8 Å². The number of hydrogen-bond donors (Lipinski definition) is 2. The quantitative estimate of drug-likeness (QED) is 0.878. The molecule has 2 rings (SSSR count). The van der Waals surface area contributed by atoms with Gasteiger partial charge in [-0.3, -0.25) is 4.79 Å². The minimum Gasteiger partial charge on any atom is -0.366 e. The Morgan fingerprint density at radius 2 is 2.26 bits per heavy atom. The molecule has 1 saturated carbocycles. The lowest BCUT2D eigenvalue weighted by Gasteiger charge is -2.18. The first kappa shape index (κ1) is 14.0. The second kappa shape index (κ2) is 5.29. The Morgan fingerprint density at radius 1 is 1.53 bits per heavy atom. The average molecular weight is 264 g/mol. The molecule has 3 nitrogen and oxygen atoms in total. The summed E-state index contributed by atoms with van der Waals surface area (Å²) >= 11 is 0. The van der Waals surface area contributed by atoms with Crippen molar-refractivity contribution in [3.8, 4) is 0 Å². The van der Waals surface area contributed by atoms with E-state index in [1.807, 2.05) is 0 Å². The molecule has 1 aromatic carbocycles. The summed E-state index contributed by atoms with van der Waals surface area (Å²) in [7, 11) is 0. The second-order valence-electron chi connectivity index (χ2n) is 6.16. The van der Waals surface area contributed by atoms with Crippen LogP contribution in [0.15, 0.2) is 18.2 Å². The predicted molar refractivity (Wildman–Crippen MR) is 73.2 cm³/mol. The first-order valence-electron chi connectivity index (χ1n) is 6.69. The summed E-state index contributed by atoms with van der Waals surface area (Å²) < 4.78 is 13.8. The molecular weight excluding hydrogens is 243 g/mol. The van der Waals surface area contributed by atoms with E-state index in [9.17, 15) is 9.18 Å². The van der Waals surface area contributed by atoms with E-state index in [1.165, 1.54) is 12.5 Å². The number of hydrogen-bond acceptors (Lipinski definition) is 2. The van der Waals surface area contributed by atoms with Crippen molar-refractivity contribution < 1.29 is 9.18 Å². The molecule has 104 valence electrons. The van der Waals surface area contributed by atoms with E-state index in [4.69, 9.17) is 5.73 Å². The summed E-state index contributed by atoms with van der Waals surface area (Å²) in [5.74, 6) is -0.975. The lowest BCUT2D eigenvalue weighted by Crippen LogP contribution is -2.27. The largest absolute Gasteiger partial charge is 0.366 e. The Morgan fingerprint density at radius 3 is 2.79 bits per heavy atom. The number of benzene rings is 1. The summed E-state index contributed by atoms with van der Waals surface area (Å²) in [5, 5.41) is 3.39. The summed E-state index contributed by atoms with van der Waals surface area (Å²) in [5.41, 5.74) is 6.29. The molecule has 1 unspecified atom stereocenters. The van der Waals surface area contributed by atoms with Crippen LogP contribution >= 0.6 is 0 Å². The van der Waals surface area contributed by atoms with Crippen LogP contribution in [0.3, 0.4) is 0 Å². The highest BCUT2D eigenvalue weighted by atomic mass is 19.1. The van der Waals surface area contributed by atoms with E-state index in [-0.39, 0.29) is 11.4 Å². The maximum absolute atomic E-state index is 13.8. The highest BCUT2D eigenvalue weighted by molar-refractivity contribution is 5.92. The summed E-state index contributed by atoms with van der Waals surface area (Å²) in [6.45, 7) is 5.01. The number of nitrogens with one attached hydrogen (secondary N) is 1. The van der Waals surface area contributed by atoms with Gasteiger partial charge in [0.2, 0.25) is 5.91 Å². The Balaban J connectivity index is 1.95. The molecule has 1 amide bonds. The second-order valence-corrected chi connectivity index (χ2v) is 6.16. The first-order chi connectivity index (χ1) is 8.87. The van der Waals surface area contributed by atoms with Crippen molar-refractivity contribution in [3.63, 3.8) is 0 Å². The van der Waals surface area contributed by atoms with Gasteiger partial charge in [0.15, 0.2) is 0 Å². The molecule has 1 aliphatic carbocycles. The van der Waals surface area contributed by atoms with Crippen molar-refractivity contribution in [3.05, 3.63) is 35.1 Å². The van der Waals surface area contributed by atoms with E-state index in [0.717, 1.165) is 12.8 Å². The highest BCUT2D eigenvalue weighted by Crippen LogP contribution is 2.36. The minimum absolute atomic E-state index is 0.211. The molecule has 1 atom stereocenters. The molecule has 0 bridgehead atoms. The van der Waals surface area contributed by atoms with Gasteiger partial charge >= 0.3 is 0 Å². The fourth-order valence-corrected chi connectivity index (χ4v) is 2.71. The number of halogens is 1. The zero-order chi connectivity index (χ0) is 14.0. The van der Waals surface area contributed by atoms with Gasteiger partial charge in [-0.25, -0.2) is 4.39 Å². The molecule has 0 saturated heterocycles. The molecular formula is C15H21FN2O. The molecule has 0 heterocycles. The smallest absolute Gasteiger partial charge is 0.248 e. The fourth-order valence-electron chi connectivity index (χ4n) is 2.71. The lowest BCUT2D eigenvalue weighted by molar-refractivity contribution is 0.1000. The van der Waals surface area contributed by atoms with E-state index >= 15 is 0 Å². The highest BCUT2D eigenvalue weighted by Gasteiger charge is 2.30. The van der Waals surface area contributed by atoms with Gasteiger partial charge in [0, 0.05) is 23.7 Å². The Kier molecular flexibility index (Phi) is 3.90. The Bertz CT molecular complexity index is 485. The van der Waals surface area contributed by atoms with Crippen molar-refractivity contribution in [2.45, 2.75) is 45.7 Å². The topological polar surface area (TPSA) is 55.1 Å². The zero-order valence-corrected chi connectivity index (χ0v) is 11.5. The summed E-state index contributed by atoms with van der Waals surface area (Å²) in [6.07, 6.45) is 3.45. The number of rotatable bonds is 4. The molecule has 0 spiro atoms. The summed E-state index contributed by atoms with van der Waals surface area (Å²) in [4.78, 5) is 10.9. The maximum atomic E-state index is 13.8. The molecule has 0 aromatic heterocycles. The van der Waals surface area contributed by atoms with Crippen LogP contribution in [0.2, 0.25) is 0 Å². The molecule has 3 N–H and O–H groups in total.